The molecule has 9 heteroatoms. The van der Waals surface area contributed by atoms with Crippen molar-refractivity contribution < 1.29 is 14.0 Å². The molecule has 2 aliphatic rings. The lowest BCUT2D eigenvalue weighted by atomic mass is 10.0. The van der Waals surface area contributed by atoms with E-state index < -0.39 is 5.91 Å². The molecule has 0 spiro atoms. The van der Waals surface area contributed by atoms with Crippen molar-refractivity contribution in [1.29, 1.82) is 0 Å². The first-order valence-corrected chi connectivity index (χ1v) is 12.0. The van der Waals surface area contributed by atoms with E-state index >= 15 is 4.39 Å². The highest BCUT2D eigenvalue weighted by atomic mass is 32.2. The summed E-state index contributed by atoms with van der Waals surface area (Å²) in [5, 5.41) is 2.61. The summed E-state index contributed by atoms with van der Waals surface area (Å²) >= 11 is 0.866. The fourth-order valence-corrected chi connectivity index (χ4v) is 5.24. The number of nitrogens with one attached hydrogen (secondary N) is 1. The van der Waals surface area contributed by atoms with Gasteiger partial charge in [0.1, 0.15) is 12.1 Å². The van der Waals surface area contributed by atoms with Crippen LogP contribution in [0.4, 0.5) is 14.9 Å². The fraction of sp³-hybridized carbons (Fsp3) is 0.280. The maximum atomic E-state index is 15.3. The minimum absolute atomic E-state index is 0.280. The predicted molar refractivity (Wildman–Crippen MR) is 133 cm³/mol. The van der Waals surface area contributed by atoms with Gasteiger partial charge in [0, 0.05) is 36.6 Å². The van der Waals surface area contributed by atoms with Gasteiger partial charge in [-0.15, -0.1) is 0 Å². The van der Waals surface area contributed by atoms with Crippen molar-refractivity contribution in [1.82, 2.24) is 20.2 Å². The standard InChI is InChI=1S/C25H24FN5O2S/c1-3-30-8-9-31(13-15(30)2)21-7-5-17(12-19(21)26)23-18-10-16(4-6-20(18)27-14-28-23)11-22-24(32)29-25(33)34-22/h4-7,10-12,14-15H,3,8-9,13H2,1-2H3,(H,29,32,33)/b22-11-. The molecule has 0 aliphatic carbocycles. The number of benzene rings is 2. The summed E-state index contributed by atoms with van der Waals surface area (Å²) in [4.78, 5) is 36.9. The first-order chi connectivity index (χ1) is 16.4. The van der Waals surface area contributed by atoms with Gasteiger partial charge in [-0.1, -0.05) is 19.1 Å². The highest BCUT2D eigenvalue weighted by molar-refractivity contribution is 8.18. The predicted octanol–water partition coefficient (Wildman–Crippen LogP) is 4.29. The average molecular weight is 478 g/mol. The largest absolute Gasteiger partial charge is 0.366 e. The Morgan fingerprint density at radius 1 is 1.18 bits per heavy atom. The number of imide groups is 1. The van der Waals surface area contributed by atoms with Gasteiger partial charge in [-0.05, 0) is 61.1 Å². The minimum atomic E-state index is -0.411. The Kier molecular flexibility index (Phi) is 6.05. The van der Waals surface area contributed by atoms with Crippen LogP contribution in [0.5, 0.6) is 0 Å². The number of likely N-dealkylation sites (N-methyl/N-ethyl adjacent to an activating group) is 1. The minimum Gasteiger partial charge on any atom is -0.366 e. The normalized spacial score (nSPS) is 20.4. The molecule has 34 heavy (non-hydrogen) atoms. The average Bonchev–Trinajstić information content (AvgIpc) is 3.14. The second-order valence-corrected chi connectivity index (χ2v) is 9.46. The number of hydrogen-bond donors (Lipinski definition) is 1. The quantitative estimate of drug-likeness (QED) is 0.562. The summed E-state index contributed by atoms with van der Waals surface area (Å²) in [6, 6.07) is 11.1. The Morgan fingerprint density at radius 2 is 2.03 bits per heavy atom. The molecule has 0 saturated carbocycles. The molecule has 5 rings (SSSR count). The summed E-state index contributed by atoms with van der Waals surface area (Å²) in [5.41, 5.74) is 3.31. The number of hydrogen-bond acceptors (Lipinski definition) is 7. The third-order valence-corrected chi connectivity index (χ3v) is 7.14. The van der Waals surface area contributed by atoms with E-state index in [2.05, 4.69) is 38.9 Å². The zero-order chi connectivity index (χ0) is 23.8. The lowest BCUT2D eigenvalue weighted by molar-refractivity contribution is -0.115. The highest BCUT2D eigenvalue weighted by Crippen LogP contribution is 2.32. The third-order valence-electron chi connectivity index (χ3n) is 6.33. The number of amides is 2. The summed E-state index contributed by atoms with van der Waals surface area (Å²) in [6.07, 6.45) is 3.12. The number of thioether (sulfide) groups is 1. The van der Waals surface area contributed by atoms with E-state index in [9.17, 15) is 9.59 Å². The number of aromatic nitrogens is 2. The molecule has 7 nitrogen and oxygen atoms in total. The van der Waals surface area contributed by atoms with E-state index in [1.54, 1.807) is 6.08 Å². The van der Waals surface area contributed by atoms with Gasteiger partial charge >= 0.3 is 0 Å². The number of fused-ring (bicyclic) bond motifs is 1. The molecule has 2 amide bonds. The Bertz CT molecular complexity index is 1330. The summed E-state index contributed by atoms with van der Waals surface area (Å²) in [5.74, 6) is -0.691. The zero-order valence-electron chi connectivity index (χ0n) is 18.9. The molecule has 174 valence electrons. The summed E-state index contributed by atoms with van der Waals surface area (Å²) < 4.78 is 15.3. The van der Waals surface area contributed by atoms with E-state index in [-0.39, 0.29) is 11.1 Å². The fourth-order valence-electron chi connectivity index (χ4n) is 4.56. The Morgan fingerprint density at radius 3 is 2.74 bits per heavy atom. The van der Waals surface area contributed by atoms with Crippen LogP contribution in [0.2, 0.25) is 0 Å². The number of carbonyl (C=O) groups excluding carboxylic acids is 2. The molecule has 1 atom stereocenters. The van der Waals surface area contributed by atoms with Crippen LogP contribution in [0.1, 0.15) is 19.4 Å². The second kappa shape index (κ2) is 9.15. The van der Waals surface area contributed by atoms with Crippen molar-refractivity contribution >= 4 is 45.6 Å². The van der Waals surface area contributed by atoms with Crippen LogP contribution < -0.4 is 10.2 Å². The number of nitrogens with zero attached hydrogens (tertiary/aromatic N) is 4. The highest BCUT2D eigenvalue weighted by Gasteiger charge is 2.26. The van der Waals surface area contributed by atoms with E-state index in [0.717, 1.165) is 48.9 Å². The molecular formula is C25H24FN5O2S. The van der Waals surface area contributed by atoms with Crippen LogP contribution in [0.25, 0.3) is 28.2 Å². The van der Waals surface area contributed by atoms with Gasteiger partial charge in [0.05, 0.1) is 21.8 Å². The van der Waals surface area contributed by atoms with Crippen molar-refractivity contribution in [2.24, 2.45) is 0 Å². The zero-order valence-corrected chi connectivity index (χ0v) is 19.7. The van der Waals surface area contributed by atoms with Gasteiger partial charge in [-0.2, -0.15) is 0 Å². The number of carbonyl (C=O) groups is 2. The van der Waals surface area contributed by atoms with Crippen molar-refractivity contribution in [3.63, 3.8) is 0 Å². The SMILES string of the molecule is CCN1CCN(c2ccc(-c3ncnc4ccc(/C=C5\SC(=O)NC5=O)cc34)cc2F)CC1C. The second-order valence-electron chi connectivity index (χ2n) is 8.44. The van der Waals surface area contributed by atoms with Gasteiger partial charge in [0.25, 0.3) is 11.1 Å². The molecule has 2 fully saturated rings. The van der Waals surface area contributed by atoms with Crippen LogP contribution in [0.15, 0.2) is 47.6 Å². The number of anilines is 1. The van der Waals surface area contributed by atoms with E-state index in [0.29, 0.717) is 33.4 Å². The Labute approximate surface area is 201 Å². The lowest BCUT2D eigenvalue weighted by Gasteiger charge is -2.40. The maximum Gasteiger partial charge on any atom is 0.290 e. The van der Waals surface area contributed by atoms with Crippen molar-refractivity contribution in [3.05, 3.63) is 59.0 Å². The van der Waals surface area contributed by atoms with Crippen LogP contribution in [0.3, 0.4) is 0 Å². The maximum absolute atomic E-state index is 15.3. The van der Waals surface area contributed by atoms with Crippen LogP contribution in [0, 0.1) is 5.82 Å². The van der Waals surface area contributed by atoms with Gasteiger partial charge in [0.15, 0.2) is 0 Å². The molecule has 2 saturated heterocycles. The first kappa shape index (κ1) is 22.5. The van der Waals surface area contributed by atoms with Gasteiger partial charge in [0.2, 0.25) is 0 Å². The monoisotopic (exact) mass is 477 g/mol. The van der Waals surface area contributed by atoms with Crippen molar-refractivity contribution in [3.8, 4) is 11.3 Å². The smallest absolute Gasteiger partial charge is 0.290 e. The van der Waals surface area contributed by atoms with Crippen molar-refractivity contribution in [2.45, 2.75) is 19.9 Å². The lowest BCUT2D eigenvalue weighted by Crippen LogP contribution is -2.51. The van der Waals surface area contributed by atoms with Gasteiger partial charge in [-0.3, -0.25) is 19.8 Å². The molecule has 3 aromatic rings. The Hall–Kier alpha value is -3.30. The molecule has 0 bridgehead atoms. The van der Waals surface area contributed by atoms with Crippen LogP contribution in [-0.2, 0) is 4.79 Å². The van der Waals surface area contributed by atoms with Gasteiger partial charge in [-0.25, -0.2) is 14.4 Å². The van der Waals surface area contributed by atoms with E-state index in [1.807, 2.05) is 30.3 Å². The molecule has 2 aliphatic heterocycles. The number of piperazine rings is 1. The van der Waals surface area contributed by atoms with Crippen LogP contribution in [-0.4, -0.2) is 58.2 Å². The third kappa shape index (κ3) is 4.28. The summed E-state index contributed by atoms with van der Waals surface area (Å²) in [6.45, 7) is 7.80. The number of halogens is 1. The van der Waals surface area contributed by atoms with Crippen LogP contribution >= 0.6 is 11.8 Å². The molecule has 0 radical (unpaired) electrons. The summed E-state index contributed by atoms with van der Waals surface area (Å²) in [7, 11) is 0. The molecule has 2 aromatic carbocycles. The first-order valence-electron chi connectivity index (χ1n) is 11.2. The Balaban J connectivity index is 1.48. The van der Waals surface area contributed by atoms with E-state index in [1.165, 1.54) is 12.4 Å². The molecule has 1 aromatic heterocycles. The molecule has 1 unspecified atom stereocenters. The van der Waals surface area contributed by atoms with Crippen molar-refractivity contribution in [2.75, 3.05) is 31.1 Å². The molecule has 1 N–H and O–H groups in total. The molecule has 3 heterocycles. The molecular weight excluding hydrogens is 453 g/mol. The number of rotatable bonds is 4. The van der Waals surface area contributed by atoms with Gasteiger partial charge < -0.3 is 4.90 Å². The topological polar surface area (TPSA) is 78.4 Å². The van der Waals surface area contributed by atoms with E-state index in [4.69, 9.17) is 0 Å².